The van der Waals surface area contributed by atoms with Gasteiger partial charge in [-0.15, -0.1) is 0 Å². The van der Waals surface area contributed by atoms with Crippen molar-refractivity contribution >= 4 is 28.3 Å². The van der Waals surface area contributed by atoms with E-state index in [1.807, 2.05) is 60.7 Å². The van der Waals surface area contributed by atoms with Gasteiger partial charge in [0.25, 0.3) is 5.91 Å². The second-order valence-electron chi connectivity index (χ2n) is 7.12. The van der Waals surface area contributed by atoms with Crippen LogP contribution in [0.5, 0.6) is 11.5 Å². The number of carbonyl (C=O) groups excluding carboxylic acids is 2. The number of likely N-dealkylation sites (N-methyl/N-ethyl adjacent to an activating group) is 1. The third-order valence-corrected chi connectivity index (χ3v) is 5.16. The van der Waals surface area contributed by atoms with Gasteiger partial charge in [-0.3, -0.25) is 9.59 Å². The Hall–Kier alpha value is -3.54. The first-order chi connectivity index (χ1) is 14.7. The van der Waals surface area contributed by atoms with Crippen LogP contribution in [0.15, 0.2) is 66.7 Å². The van der Waals surface area contributed by atoms with Gasteiger partial charge in [0, 0.05) is 18.9 Å². The third-order valence-electron chi connectivity index (χ3n) is 5.16. The maximum Gasteiger partial charge on any atom is 0.262 e. The lowest BCUT2D eigenvalue weighted by Crippen LogP contribution is -2.50. The van der Waals surface area contributed by atoms with Gasteiger partial charge < -0.3 is 19.7 Å². The van der Waals surface area contributed by atoms with Crippen molar-refractivity contribution in [2.75, 3.05) is 25.1 Å². The van der Waals surface area contributed by atoms with Gasteiger partial charge in [-0.1, -0.05) is 48.5 Å². The van der Waals surface area contributed by atoms with Crippen LogP contribution in [0.1, 0.15) is 12.8 Å². The molecule has 1 aliphatic rings. The minimum absolute atomic E-state index is 0.0545. The molecule has 0 aromatic heterocycles. The number of nitrogens with one attached hydrogen (secondary N) is 1. The fourth-order valence-electron chi connectivity index (χ4n) is 3.63. The SMILES string of the molecule is CNC(=O)C1CN(C(=O)CCCOc2cccc3ccccc23)c2ccccc2O1. The molecule has 1 unspecified atom stereocenters. The number of para-hydroxylation sites is 2. The highest BCUT2D eigenvalue weighted by Crippen LogP contribution is 2.33. The van der Waals surface area contributed by atoms with E-state index in [9.17, 15) is 9.59 Å². The lowest BCUT2D eigenvalue weighted by Gasteiger charge is -2.34. The maximum atomic E-state index is 12.9. The summed E-state index contributed by atoms with van der Waals surface area (Å²) in [6.07, 6.45) is 0.173. The first-order valence-electron chi connectivity index (χ1n) is 10.1. The van der Waals surface area contributed by atoms with Gasteiger partial charge in [-0.05, 0) is 30.0 Å². The van der Waals surface area contributed by atoms with Gasteiger partial charge in [-0.2, -0.15) is 0 Å². The predicted molar refractivity (Wildman–Crippen MR) is 116 cm³/mol. The fraction of sp³-hybridized carbons (Fsp3) is 0.250. The average molecular weight is 404 g/mol. The summed E-state index contributed by atoms with van der Waals surface area (Å²) in [7, 11) is 1.56. The molecule has 6 nitrogen and oxygen atoms in total. The normalized spacial score (nSPS) is 15.2. The van der Waals surface area contributed by atoms with Crippen molar-refractivity contribution in [2.45, 2.75) is 18.9 Å². The van der Waals surface area contributed by atoms with Crippen LogP contribution in [0.2, 0.25) is 0 Å². The highest BCUT2D eigenvalue weighted by atomic mass is 16.5. The van der Waals surface area contributed by atoms with E-state index in [0.717, 1.165) is 16.5 Å². The highest BCUT2D eigenvalue weighted by molar-refractivity contribution is 5.97. The van der Waals surface area contributed by atoms with E-state index in [-0.39, 0.29) is 18.4 Å². The lowest BCUT2D eigenvalue weighted by atomic mass is 10.1. The molecule has 3 aromatic carbocycles. The Balaban J connectivity index is 1.39. The van der Waals surface area contributed by atoms with Gasteiger partial charge >= 0.3 is 0 Å². The zero-order chi connectivity index (χ0) is 20.9. The van der Waals surface area contributed by atoms with Crippen molar-refractivity contribution in [2.24, 2.45) is 0 Å². The number of amides is 2. The monoisotopic (exact) mass is 404 g/mol. The molecule has 3 aromatic rings. The Labute approximate surface area is 175 Å². The summed E-state index contributed by atoms with van der Waals surface area (Å²) in [4.78, 5) is 26.6. The lowest BCUT2D eigenvalue weighted by molar-refractivity contribution is -0.128. The number of rotatable bonds is 6. The van der Waals surface area contributed by atoms with Gasteiger partial charge in [0.1, 0.15) is 11.5 Å². The van der Waals surface area contributed by atoms with Gasteiger partial charge in [0.2, 0.25) is 5.91 Å². The molecular formula is C24H24N2O4. The second kappa shape index (κ2) is 8.86. The van der Waals surface area contributed by atoms with Gasteiger partial charge in [-0.25, -0.2) is 0 Å². The summed E-state index contributed by atoms with van der Waals surface area (Å²) < 4.78 is 11.7. The van der Waals surface area contributed by atoms with Crippen molar-refractivity contribution in [3.05, 3.63) is 66.7 Å². The topological polar surface area (TPSA) is 67.9 Å². The average Bonchev–Trinajstić information content (AvgIpc) is 2.80. The van der Waals surface area contributed by atoms with E-state index in [1.54, 1.807) is 18.0 Å². The molecule has 1 aliphatic heterocycles. The quantitative estimate of drug-likeness (QED) is 0.638. The fourth-order valence-corrected chi connectivity index (χ4v) is 3.63. The number of hydrogen-bond donors (Lipinski definition) is 1. The zero-order valence-corrected chi connectivity index (χ0v) is 16.8. The Morgan fingerprint density at radius 1 is 1.07 bits per heavy atom. The minimum atomic E-state index is -0.721. The molecule has 0 spiro atoms. The van der Waals surface area contributed by atoms with Crippen LogP contribution in [0, 0.1) is 0 Å². The van der Waals surface area contributed by atoms with Crippen LogP contribution in [-0.2, 0) is 9.59 Å². The first-order valence-corrected chi connectivity index (χ1v) is 10.1. The molecule has 0 saturated heterocycles. The second-order valence-corrected chi connectivity index (χ2v) is 7.12. The van der Waals surface area contributed by atoms with Crippen molar-refractivity contribution in [3.63, 3.8) is 0 Å². The van der Waals surface area contributed by atoms with E-state index in [0.29, 0.717) is 30.9 Å². The molecule has 0 saturated carbocycles. The van der Waals surface area contributed by atoms with E-state index in [4.69, 9.17) is 9.47 Å². The Kier molecular flexibility index (Phi) is 5.84. The summed E-state index contributed by atoms with van der Waals surface area (Å²) in [5.41, 5.74) is 0.692. The summed E-state index contributed by atoms with van der Waals surface area (Å²) >= 11 is 0. The summed E-state index contributed by atoms with van der Waals surface area (Å²) in [6.45, 7) is 0.629. The van der Waals surface area contributed by atoms with Crippen LogP contribution in [0.4, 0.5) is 5.69 Å². The van der Waals surface area contributed by atoms with Crippen molar-refractivity contribution in [1.82, 2.24) is 5.32 Å². The highest BCUT2D eigenvalue weighted by Gasteiger charge is 2.32. The molecule has 0 radical (unpaired) electrons. The number of fused-ring (bicyclic) bond motifs is 2. The summed E-state index contributed by atoms with van der Waals surface area (Å²) in [6, 6.07) is 21.3. The number of carbonyl (C=O) groups is 2. The minimum Gasteiger partial charge on any atom is -0.493 e. The van der Waals surface area contributed by atoms with Crippen LogP contribution in [-0.4, -0.2) is 38.1 Å². The third kappa shape index (κ3) is 4.08. The van der Waals surface area contributed by atoms with Crippen LogP contribution < -0.4 is 19.7 Å². The summed E-state index contributed by atoms with van der Waals surface area (Å²) in [5, 5.41) is 4.77. The number of hydrogen-bond acceptors (Lipinski definition) is 4. The molecule has 2 amide bonds. The van der Waals surface area contributed by atoms with Crippen LogP contribution in [0.25, 0.3) is 10.8 Å². The number of benzene rings is 3. The molecule has 0 aliphatic carbocycles. The standard InChI is InChI=1S/C24H24N2O4/c1-25-24(28)22-16-26(19-11-4-5-12-21(19)30-22)23(27)14-7-15-29-20-13-6-9-17-8-2-3-10-18(17)20/h2-6,8-13,22H,7,14-16H2,1H3,(H,25,28). The molecular weight excluding hydrogens is 380 g/mol. The van der Waals surface area contributed by atoms with Crippen molar-refractivity contribution < 1.29 is 19.1 Å². The predicted octanol–water partition coefficient (Wildman–Crippen LogP) is 3.54. The Bertz CT molecular complexity index is 1060. The molecule has 1 N–H and O–H groups in total. The molecule has 154 valence electrons. The Morgan fingerprint density at radius 2 is 1.83 bits per heavy atom. The van der Waals surface area contributed by atoms with Crippen molar-refractivity contribution in [3.8, 4) is 11.5 Å². The van der Waals surface area contributed by atoms with E-state index in [2.05, 4.69) is 5.32 Å². The summed E-state index contributed by atoms with van der Waals surface area (Å²) in [5.74, 6) is 1.05. The molecule has 0 fully saturated rings. The van der Waals surface area contributed by atoms with Gasteiger partial charge in [0.05, 0.1) is 18.8 Å². The molecule has 1 heterocycles. The molecule has 30 heavy (non-hydrogen) atoms. The maximum absolute atomic E-state index is 12.9. The van der Waals surface area contributed by atoms with E-state index >= 15 is 0 Å². The first kappa shape index (κ1) is 19.8. The molecule has 4 rings (SSSR count). The van der Waals surface area contributed by atoms with E-state index in [1.165, 1.54) is 0 Å². The largest absolute Gasteiger partial charge is 0.493 e. The molecule has 6 heteroatoms. The molecule has 1 atom stereocenters. The zero-order valence-electron chi connectivity index (χ0n) is 16.8. The van der Waals surface area contributed by atoms with Crippen molar-refractivity contribution in [1.29, 1.82) is 0 Å². The van der Waals surface area contributed by atoms with E-state index < -0.39 is 6.10 Å². The molecule has 0 bridgehead atoms. The smallest absolute Gasteiger partial charge is 0.262 e. The number of ether oxygens (including phenoxy) is 2. The van der Waals surface area contributed by atoms with Crippen LogP contribution >= 0.6 is 0 Å². The van der Waals surface area contributed by atoms with Crippen LogP contribution in [0.3, 0.4) is 0 Å². The Morgan fingerprint density at radius 3 is 2.70 bits per heavy atom. The van der Waals surface area contributed by atoms with Gasteiger partial charge in [0.15, 0.2) is 6.10 Å². The number of anilines is 1. The number of nitrogens with zero attached hydrogens (tertiary/aromatic N) is 1.